The van der Waals surface area contributed by atoms with Gasteiger partial charge in [-0.15, -0.1) is 11.3 Å². The number of fused-ring (bicyclic) bond motifs is 2. The van der Waals surface area contributed by atoms with Gasteiger partial charge in [-0.25, -0.2) is 4.98 Å². The van der Waals surface area contributed by atoms with Gasteiger partial charge in [0.05, 0.1) is 52.4 Å². The molecule has 194 valence electrons. The van der Waals surface area contributed by atoms with E-state index >= 15 is 0 Å². The molecule has 6 heterocycles. The molecule has 0 aromatic carbocycles. The van der Waals surface area contributed by atoms with E-state index in [1.54, 1.807) is 42.8 Å². The van der Waals surface area contributed by atoms with Crippen molar-refractivity contribution in [2.75, 3.05) is 26.0 Å². The lowest BCUT2D eigenvalue weighted by Crippen LogP contribution is -2.27. The minimum Gasteiger partial charge on any atom is -0.335 e. The maximum Gasteiger partial charge on any atom is 0.238 e. The van der Waals surface area contributed by atoms with Crippen LogP contribution in [0.25, 0.3) is 55.2 Å². The van der Waals surface area contributed by atoms with Crippen LogP contribution >= 0.6 is 11.3 Å². The molecule has 0 aliphatic carbocycles. The summed E-state index contributed by atoms with van der Waals surface area (Å²) in [6, 6.07) is 7.49. The second kappa shape index (κ2) is 9.82. The molecule has 0 saturated carbocycles. The van der Waals surface area contributed by atoms with Crippen LogP contribution in [0.2, 0.25) is 0 Å². The van der Waals surface area contributed by atoms with Crippen molar-refractivity contribution in [2.24, 2.45) is 0 Å². The molecular formula is C27H23N9O2S. The van der Waals surface area contributed by atoms with Gasteiger partial charge in [-0.2, -0.15) is 5.10 Å². The van der Waals surface area contributed by atoms with Crippen molar-refractivity contribution in [2.45, 2.75) is 6.92 Å². The highest BCUT2D eigenvalue weighted by molar-refractivity contribution is 7.17. The number of amides is 1. The zero-order chi connectivity index (χ0) is 27.1. The lowest BCUT2D eigenvalue weighted by Gasteiger charge is -2.10. The van der Waals surface area contributed by atoms with Gasteiger partial charge in [0.1, 0.15) is 11.2 Å². The summed E-state index contributed by atoms with van der Waals surface area (Å²) in [5, 5.41) is 11.2. The number of H-pyrrole nitrogens is 2. The van der Waals surface area contributed by atoms with E-state index in [0.717, 1.165) is 37.9 Å². The number of ketones is 1. The predicted octanol–water partition coefficient (Wildman–Crippen LogP) is 4.39. The van der Waals surface area contributed by atoms with Crippen molar-refractivity contribution in [3.63, 3.8) is 0 Å². The Balaban J connectivity index is 1.37. The van der Waals surface area contributed by atoms with Crippen LogP contribution in [0.1, 0.15) is 16.6 Å². The Bertz CT molecular complexity index is 1870. The van der Waals surface area contributed by atoms with Crippen molar-refractivity contribution in [3.8, 4) is 33.2 Å². The van der Waals surface area contributed by atoms with E-state index in [4.69, 9.17) is 4.98 Å². The van der Waals surface area contributed by atoms with Crippen LogP contribution in [0.3, 0.4) is 0 Å². The van der Waals surface area contributed by atoms with Crippen LogP contribution in [-0.2, 0) is 4.79 Å². The number of carbonyl (C=O) groups excluding carboxylic acids is 2. The van der Waals surface area contributed by atoms with E-state index < -0.39 is 0 Å². The van der Waals surface area contributed by atoms with Crippen LogP contribution in [0.4, 0.5) is 5.69 Å². The third-order valence-electron chi connectivity index (χ3n) is 6.06. The minimum absolute atomic E-state index is 0.0261. The fourth-order valence-corrected chi connectivity index (χ4v) is 5.20. The van der Waals surface area contributed by atoms with Gasteiger partial charge in [-0.05, 0) is 45.3 Å². The summed E-state index contributed by atoms with van der Waals surface area (Å²) in [5.74, 6) is 0.477. The number of aromatic amines is 2. The van der Waals surface area contributed by atoms with Crippen molar-refractivity contribution < 1.29 is 9.59 Å². The number of aromatic nitrogens is 7. The fraction of sp³-hybridized carbons (Fsp3) is 0.148. The molecule has 6 rings (SSSR count). The lowest BCUT2D eigenvalue weighted by molar-refractivity contribution is -0.116. The van der Waals surface area contributed by atoms with Crippen LogP contribution < -0.4 is 5.32 Å². The lowest BCUT2D eigenvalue weighted by atomic mass is 10.1. The number of pyridine rings is 3. The first-order valence-electron chi connectivity index (χ1n) is 12.0. The highest BCUT2D eigenvalue weighted by Crippen LogP contribution is 2.35. The number of rotatable bonds is 7. The summed E-state index contributed by atoms with van der Waals surface area (Å²) in [4.78, 5) is 48.8. The number of nitrogens with zero attached hydrogens (tertiary/aromatic N) is 6. The normalized spacial score (nSPS) is 11.5. The molecule has 39 heavy (non-hydrogen) atoms. The summed E-state index contributed by atoms with van der Waals surface area (Å²) in [6.45, 7) is 1.83. The standard InChI is InChI=1S/C27H23N9O2S/c1-14(37)22-4-5-23(39-22)18-10-29-11-21-25(18)33-27(32-21)26-17-7-19(30-12-20(17)34-35-26)15-6-16(9-28-8-15)31-24(38)13-36(2)3/h4-12H,13H2,1-3H3,(H,31,38)(H,32,33)(H,34,35). The van der Waals surface area contributed by atoms with Crippen LogP contribution in [-0.4, -0.2) is 72.3 Å². The summed E-state index contributed by atoms with van der Waals surface area (Å²) < 4.78 is 0. The Morgan fingerprint density at radius 1 is 1.03 bits per heavy atom. The highest BCUT2D eigenvalue weighted by Gasteiger charge is 2.18. The zero-order valence-corrected chi connectivity index (χ0v) is 22.1. The average molecular weight is 538 g/mol. The Morgan fingerprint density at radius 2 is 1.87 bits per heavy atom. The summed E-state index contributed by atoms with van der Waals surface area (Å²) in [7, 11) is 3.67. The molecule has 0 fully saturated rings. The molecule has 11 nitrogen and oxygen atoms in total. The van der Waals surface area contributed by atoms with Gasteiger partial charge in [0.15, 0.2) is 11.6 Å². The number of carbonyl (C=O) groups is 2. The SMILES string of the molecule is CC(=O)c1ccc(-c2cncc3[nH]c(-c4n[nH]c5cnc(-c6cncc(NC(=O)CN(C)C)c6)cc45)nc23)s1. The van der Waals surface area contributed by atoms with Crippen molar-refractivity contribution >= 4 is 50.7 Å². The Labute approximate surface area is 226 Å². The Kier molecular flexibility index (Phi) is 6.17. The molecule has 0 atom stereocenters. The largest absolute Gasteiger partial charge is 0.335 e. The molecule has 6 aromatic heterocycles. The first-order valence-corrected chi connectivity index (χ1v) is 12.9. The van der Waals surface area contributed by atoms with Gasteiger partial charge < -0.3 is 15.2 Å². The predicted molar refractivity (Wildman–Crippen MR) is 151 cm³/mol. The average Bonchev–Trinajstić information content (AvgIpc) is 3.65. The first kappa shape index (κ1) is 24.5. The molecule has 0 aliphatic heterocycles. The molecule has 0 saturated heterocycles. The number of thiophene rings is 1. The number of imidazole rings is 1. The third kappa shape index (κ3) is 4.78. The quantitative estimate of drug-likeness (QED) is 0.254. The number of Topliss-reactive ketones (excluding diaryl/α,β-unsaturated/α-hetero) is 1. The maximum atomic E-state index is 12.2. The molecule has 1 amide bonds. The second-order valence-electron chi connectivity index (χ2n) is 9.32. The minimum atomic E-state index is -0.127. The van der Waals surface area contributed by atoms with Gasteiger partial charge in [-0.1, -0.05) is 0 Å². The van der Waals surface area contributed by atoms with Gasteiger partial charge in [0.2, 0.25) is 5.91 Å². The molecule has 0 aliphatic rings. The molecule has 0 bridgehead atoms. The molecule has 3 N–H and O–H groups in total. The van der Waals surface area contributed by atoms with E-state index in [1.165, 1.54) is 11.3 Å². The summed E-state index contributed by atoms with van der Waals surface area (Å²) in [6.07, 6.45) is 8.49. The molecular weight excluding hydrogens is 514 g/mol. The van der Waals surface area contributed by atoms with Crippen molar-refractivity contribution in [1.29, 1.82) is 0 Å². The summed E-state index contributed by atoms with van der Waals surface area (Å²) in [5.41, 5.74) is 5.75. The molecule has 0 radical (unpaired) electrons. The van der Waals surface area contributed by atoms with E-state index in [1.807, 2.05) is 38.4 Å². The second-order valence-corrected chi connectivity index (χ2v) is 10.4. The van der Waals surface area contributed by atoms with Crippen LogP contribution in [0.15, 0.2) is 55.2 Å². The van der Waals surface area contributed by atoms with E-state index in [2.05, 4.69) is 35.5 Å². The zero-order valence-electron chi connectivity index (χ0n) is 21.3. The first-order chi connectivity index (χ1) is 18.9. The van der Waals surface area contributed by atoms with E-state index in [-0.39, 0.29) is 18.2 Å². The Morgan fingerprint density at radius 3 is 2.67 bits per heavy atom. The van der Waals surface area contributed by atoms with Crippen LogP contribution in [0, 0.1) is 0 Å². The van der Waals surface area contributed by atoms with Crippen molar-refractivity contribution in [1.82, 2.24) is 40.0 Å². The topological polar surface area (TPSA) is 145 Å². The number of hydrogen-bond donors (Lipinski definition) is 3. The van der Waals surface area contributed by atoms with Gasteiger partial charge in [0, 0.05) is 33.8 Å². The highest BCUT2D eigenvalue weighted by atomic mass is 32.1. The number of hydrogen-bond acceptors (Lipinski definition) is 9. The van der Waals surface area contributed by atoms with Gasteiger partial charge >= 0.3 is 0 Å². The van der Waals surface area contributed by atoms with Crippen molar-refractivity contribution in [3.05, 3.63) is 60.1 Å². The number of nitrogens with one attached hydrogen (secondary N) is 3. The molecule has 0 spiro atoms. The summed E-state index contributed by atoms with van der Waals surface area (Å²) >= 11 is 1.42. The number of likely N-dealkylation sites (N-methyl/N-ethyl adjacent to an activating group) is 1. The smallest absolute Gasteiger partial charge is 0.238 e. The third-order valence-corrected chi connectivity index (χ3v) is 7.28. The number of anilines is 1. The fourth-order valence-electron chi connectivity index (χ4n) is 4.29. The molecule has 0 unspecified atom stereocenters. The monoisotopic (exact) mass is 537 g/mol. The van der Waals surface area contributed by atoms with E-state index in [0.29, 0.717) is 27.8 Å². The van der Waals surface area contributed by atoms with Gasteiger partial charge in [0.25, 0.3) is 0 Å². The molecule has 12 heteroatoms. The molecule has 6 aromatic rings. The Hall–Kier alpha value is -4.81. The van der Waals surface area contributed by atoms with Crippen LogP contribution in [0.5, 0.6) is 0 Å². The maximum absolute atomic E-state index is 12.2. The van der Waals surface area contributed by atoms with E-state index in [9.17, 15) is 9.59 Å². The van der Waals surface area contributed by atoms with Gasteiger partial charge in [-0.3, -0.25) is 29.6 Å².